The molecule has 1 N–H and O–H groups in total. The zero-order valence-corrected chi connectivity index (χ0v) is 10.7. The van der Waals surface area contributed by atoms with Crippen molar-refractivity contribution in [2.45, 2.75) is 13.8 Å². The van der Waals surface area contributed by atoms with Crippen LogP contribution >= 0.6 is 0 Å². The van der Waals surface area contributed by atoms with Gasteiger partial charge in [-0.3, -0.25) is 14.5 Å². The van der Waals surface area contributed by atoms with Crippen LogP contribution in [-0.4, -0.2) is 31.1 Å². The van der Waals surface area contributed by atoms with E-state index in [1.165, 1.54) is 40.2 Å². The Morgan fingerprint density at radius 3 is 1.72 bits per heavy atom. The van der Waals surface area contributed by atoms with Crippen LogP contribution in [0.4, 0.5) is 5.69 Å². The smallest absolute Gasteiger partial charge is 0.230 e. The third-order valence-corrected chi connectivity index (χ3v) is 2.35. The standard InChI is InChI=1S/C12H15NO5/c1-7(14)13(8(2)15)9-5-10(17-3)12(16)11(6-9)18-4/h5-6,16H,1-4H3. The van der Waals surface area contributed by atoms with Gasteiger partial charge >= 0.3 is 0 Å². The van der Waals surface area contributed by atoms with Crippen molar-refractivity contribution < 1.29 is 24.2 Å². The number of ether oxygens (including phenoxy) is 2. The molecule has 0 unspecified atom stereocenters. The van der Waals surface area contributed by atoms with E-state index in [0.717, 1.165) is 4.90 Å². The fourth-order valence-electron chi connectivity index (χ4n) is 1.59. The number of aromatic hydroxyl groups is 1. The van der Waals surface area contributed by atoms with E-state index in [0.29, 0.717) is 0 Å². The second-order valence-electron chi connectivity index (χ2n) is 3.57. The second kappa shape index (κ2) is 5.39. The summed E-state index contributed by atoms with van der Waals surface area (Å²) in [6, 6.07) is 2.78. The van der Waals surface area contributed by atoms with Gasteiger partial charge in [0.05, 0.1) is 19.9 Å². The number of imide groups is 1. The molecule has 0 aliphatic heterocycles. The van der Waals surface area contributed by atoms with Crippen molar-refractivity contribution in [2.75, 3.05) is 19.1 Å². The molecule has 1 aromatic rings. The maximum absolute atomic E-state index is 11.4. The first-order valence-electron chi connectivity index (χ1n) is 5.18. The molecule has 0 heterocycles. The molecule has 0 radical (unpaired) electrons. The molecule has 0 fully saturated rings. The van der Waals surface area contributed by atoms with Crippen molar-refractivity contribution in [3.8, 4) is 17.2 Å². The molecule has 0 saturated carbocycles. The summed E-state index contributed by atoms with van der Waals surface area (Å²) >= 11 is 0. The Labute approximate surface area is 105 Å². The van der Waals surface area contributed by atoms with E-state index in [1.54, 1.807) is 0 Å². The van der Waals surface area contributed by atoms with Crippen LogP contribution in [0.25, 0.3) is 0 Å². The van der Waals surface area contributed by atoms with E-state index < -0.39 is 11.8 Å². The molecule has 1 rings (SSSR count). The SMILES string of the molecule is COc1cc(N(C(C)=O)C(C)=O)cc(OC)c1O. The van der Waals surface area contributed by atoms with Gasteiger partial charge in [0, 0.05) is 26.0 Å². The molecular weight excluding hydrogens is 238 g/mol. The number of hydrogen-bond donors (Lipinski definition) is 1. The fourth-order valence-corrected chi connectivity index (χ4v) is 1.59. The van der Waals surface area contributed by atoms with Crippen LogP contribution in [0.5, 0.6) is 17.2 Å². The summed E-state index contributed by atoms with van der Waals surface area (Å²) in [7, 11) is 2.73. The first-order chi connectivity index (χ1) is 8.42. The maximum atomic E-state index is 11.4. The summed E-state index contributed by atoms with van der Waals surface area (Å²) in [4.78, 5) is 23.8. The van der Waals surface area contributed by atoms with Gasteiger partial charge in [0.15, 0.2) is 11.5 Å². The first-order valence-corrected chi connectivity index (χ1v) is 5.18. The summed E-state index contributed by atoms with van der Waals surface area (Å²) in [6.45, 7) is 2.54. The van der Waals surface area contributed by atoms with E-state index in [9.17, 15) is 14.7 Å². The lowest BCUT2D eigenvalue weighted by atomic mass is 10.2. The van der Waals surface area contributed by atoms with Crippen LogP contribution in [0.3, 0.4) is 0 Å². The molecule has 98 valence electrons. The van der Waals surface area contributed by atoms with Gasteiger partial charge in [-0.25, -0.2) is 0 Å². The molecule has 0 saturated heterocycles. The summed E-state index contributed by atoms with van der Waals surface area (Å²) in [5.74, 6) is -0.806. The number of phenols is 1. The number of rotatable bonds is 3. The molecular formula is C12H15NO5. The molecule has 0 aliphatic carbocycles. The zero-order chi connectivity index (χ0) is 13.9. The van der Waals surface area contributed by atoms with E-state index in [-0.39, 0.29) is 22.9 Å². The minimum absolute atomic E-state index is 0.122. The van der Waals surface area contributed by atoms with Crippen LogP contribution in [-0.2, 0) is 9.59 Å². The lowest BCUT2D eigenvalue weighted by molar-refractivity contribution is -0.124. The van der Waals surface area contributed by atoms with Gasteiger partial charge in [0.2, 0.25) is 17.6 Å². The highest BCUT2D eigenvalue weighted by atomic mass is 16.5. The lowest BCUT2D eigenvalue weighted by Gasteiger charge is -2.19. The predicted octanol–water partition coefficient (Wildman–Crippen LogP) is 1.31. The molecule has 18 heavy (non-hydrogen) atoms. The highest BCUT2D eigenvalue weighted by Gasteiger charge is 2.20. The number of methoxy groups -OCH3 is 2. The van der Waals surface area contributed by atoms with Crippen LogP contribution < -0.4 is 14.4 Å². The van der Waals surface area contributed by atoms with Crippen molar-refractivity contribution in [3.63, 3.8) is 0 Å². The summed E-state index contributed by atoms with van der Waals surface area (Å²) in [6.07, 6.45) is 0. The number of phenolic OH excluding ortho intramolecular Hbond substituents is 1. The molecule has 6 nitrogen and oxygen atoms in total. The monoisotopic (exact) mass is 253 g/mol. The number of amides is 2. The average molecular weight is 253 g/mol. The number of nitrogens with zero attached hydrogens (tertiary/aromatic N) is 1. The quantitative estimate of drug-likeness (QED) is 0.878. The minimum Gasteiger partial charge on any atom is -0.502 e. The fraction of sp³-hybridized carbons (Fsp3) is 0.333. The van der Waals surface area contributed by atoms with Gasteiger partial charge < -0.3 is 14.6 Å². The van der Waals surface area contributed by atoms with Crippen molar-refractivity contribution in [3.05, 3.63) is 12.1 Å². The third-order valence-electron chi connectivity index (χ3n) is 2.35. The summed E-state index contributed by atoms with van der Waals surface area (Å²) in [5.41, 5.74) is 0.279. The summed E-state index contributed by atoms with van der Waals surface area (Å²) in [5, 5.41) is 9.73. The zero-order valence-electron chi connectivity index (χ0n) is 10.7. The van der Waals surface area contributed by atoms with Crippen LogP contribution in [0.2, 0.25) is 0 Å². The number of anilines is 1. The number of benzene rings is 1. The number of hydrogen-bond acceptors (Lipinski definition) is 5. The van der Waals surface area contributed by atoms with E-state index in [1.807, 2.05) is 0 Å². The lowest BCUT2D eigenvalue weighted by Crippen LogP contribution is -2.33. The maximum Gasteiger partial charge on any atom is 0.230 e. The van der Waals surface area contributed by atoms with Crippen molar-refractivity contribution in [1.29, 1.82) is 0 Å². The second-order valence-corrected chi connectivity index (χ2v) is 3.57. The molecule has 6 heteroatoms. The van der Waals surface area contributed by atoms with Crippen LogP contribution in [0, 0.1) is 0 Å². The Kier molecular flexibility index (Phi) is 4.14. The molecule has 0 atom stereocenters. The van der Waals surface area contributed by atoms with Gasteiger partial charge in [-0.05, 0) is 0 Å². The van der Waals surface area contributed by atoms with Gasteiger partial charge in [0.1, 0.15) is 0 Å². The minimum atomic E-state index is -0.433. The van der Waals surface area contributed by atoms with Crippen LogP contribution in [0.15, 0.2) is 12.1 Å². The molecule has 0 aliphatic rings. The highest BCUT2D eigenvalue weighted by molar-refractivity contribution is 6.13. The predicted molar refractivity (Wildman–Crippen MR) is 65.1 cm³/mol. The Bertz CT molecular complexity index is 444. The average Bonchev–Trinajstić information content (AvgIpc) is 2.29. The van der Waals surface area contributed by atoms with E-state index in [4.69, 9.17) is 9.47 Å². The topological polar surface area (TPSA) is 76.1 Å². The van der Waals surface area contributed by atoms with Crippen molar-refractivity contribution in [2.24, 2.45) is 0 Å². The molecule has 0 spiro atoms. The van der Waals surface area contributed by atoms with Crippen LogP contribution in [0.1, 0.15) is 13.8 Å². The molecule has 2 amide bonds. The normalized spacial score (nSPS) is 9.78. The highest BCUT2D eigenvalue weighted by Crippen LogP contribution is 2.40. The number of carbonyl (C=O) groups excluding carboxylic acids is 2. The third kappa shape index (κ3) is 2.53. The summed E-state index contributed by atoms with van der Waals surface area (Å²) < 4.78 is 9.92. The Balaban J connectivity index is 3.40. The Morgan fingerprint density at radius 2 is 1.44 bits per heavy atom. The van der Waals surface area contributed by atoms with Crippen molar-refractivity contribution in [1.82, 2.24) is 0 Å². The Morgan fingerprint density at radius 1 is 1.06 bits per heavy atom. The molecule has 1 aromatic carbocycles. The van der Waals surface area contributed by atoms with Gasteiger partial charge in [-0.15, -0.1) is 0 Å². The van der Waals surface area contributed by atoms with E-state index in [2.05, 4.69) is 0 Å². The number of carbonyl (C=O) groups is 2. The van der Waals surface area contributed by atoms with Gasteiger partial charge in [-0.2, -0.15) is 0 Å². The van der Waals surface area contributed by atoms with Gasteiger partial charge in [-0.1, -0.05) is 0 Å². The van der Waals surface area contributed by atoms with Crippen molar-refractivity contribution >= 4 is 17.5 Å². The Hall–Kier alpha value is -2.24. The largest absolute Gasteiger partial charge is 0.502 e. The first kappa shape index (κ1) is 13.8. The molecule has 0 bridgehead atoms. The molecule has 0 aromatic heterocycles. The van der Waals surface area contributed by atoms with Gasteiger partial charge in [0.25, 0.3) is 0 Å². The van der Waals surface area contributed by atoms with E-state index >= 15 is 0 Å².